The summed E-state index contributed by atoms with van der Waals surface area (Å²) in [5.74, 6) is 1.13. The molecule has 0 saturated heterocycles. The maximum absolute atomic E-state index is 5.87. The molecule has 0 saturated carbocycles. The fourth-order valence-corrected chi connectivity index (χ4v) is 1.64. The molecule has 0 spiro atoms. The molecule has 2 N–H and O–H groups in total. The second-order valence-corrected chi connectivity index (χ2v) is 4.01. The molecule has 0 amide bonds. The summed E-state index contributed by atoms with van der Waals surface area (Å²) in [6.07, 6.45) is 1.59. The molecule has 1 heterocycles. The number of rotatable bonds is 3. The average Bonchev–Trinajstić information content (AvgIpc) is 2.33. The van der Waals surface area contributed by atoms with Crippen LogP contribution in [0.15, 0.2) is 30.5 Å². The summed E-state index contributed by atoms with van der Waals surface area (Å²) in [6.45, 7) is 2.27. The van der Waals surface area contributed by atoms with Gasteiger partial charge in [0.2, 0.25) is 5.88 Å². The number of benzene rings is 1. The summed E-state index contributed by atoms with van der Waals surface area (Å²) in [5, 5.41) is 8.38. The van der Waals surface area contributed by atoms with Crippen LogP contribution < -0.4 is 10.5 Å². The highest BCUT2D eigenvalue weighted by atomic mass is 35.5. The smallest absolute Gasteiger partial charge is 0.243 e. The van der Waals surface area contributed by atoms with Crippen LogP contribution in [-0.4, -0.2) is 10.2 Å². The number of ether oxygens (including phenoxy) is 1. The van der Waals surface area contributed by atoms with Crippen molar-refractivity contribution < 1.29 is 4.74 Å². The van der Waals surface area contributed by atoms with Crippen LogP contribution in [0.25, 0.3) is 0 Å². The van der Waals surface area contributed by atoms with E-state index in [1.807, 2.05) is 13.0 Å². The van der Waals surface area contributed by atoms with Crippen LogP contribution >= 0.6 is 11.6 Å². The minimum Gasteiger partial charge on any atom is -0.437 e. The molecule has 5 heteroatoms. The molecule has 88 valence electrons. The third kappa shape index (κ3) is 2.72. The number of nitrogens with two attached hydrogens (primary N) is 1. The Kier molecular flexibility index (Phi) is 3.56. The van der Waals surface area contributed by atoms with Gasteiger partial charge in [0.05, 0.1) is 6.20 Å². The van der Waals surface area contributed by atoms with Crippen LogP contribution in [0.5, 0.6) is 11.6 Å². The van der Waals surface area contributed by atoms with Gasteiger partial charge in [0.1, 0.15) is 5.75 Å². The fraction of sp³-hybridized carbons (Fsp3) is 0.167. The molecule has 0 fully saturated rings. The minimum absolute atomic E-state index is 0.359. The first-order chi connectivity index (χ1) is 8.20. The fourth-order valence-electron chi connectivity index (χ4n) is 1.42. The molecule has 17 heavy (non-hydrogen) atoms. The van der Waals surface area contributed by atoms with Gasteiger partial charge in [-0.3, -0.25) is 0 Å². The van der Waals surface area contributed by atoms with Crippen LogP contribution in [-0.2, 0) is 6.54 Å². The Bertz CT molecular complexity index is 531. The summed E-state index contributed by atoms with van der Waals surface area (Å²) < 4.78 is 5.67. The summed E-state index contributed by atoms with van der Waals surface area (Å²) in [7, 11) is 0. The van der Waals surface area contributed by atoms with Gasteiger partial charge in [-0.15, -0.1) is 5.10 Å². The molecule has 0 radical (unpaired) electrons. The zero-order valence-electron chi connectivity index (χ0n) is 9.35. The van der Waals surface area contributed by atoms with Crippen molar-refractivity contribution >= 4 is 11.6 Å². The van der Waals surface area contributed by atoms with E-state index in [-0.39, 0.29) is 0 Å². The molecule has 2 rings (SSSR count). The van der Waals surface area contributed by atoms with Crippen molar-refractivity contribution in [3.05, 3.63) is 46.6 Å². The summed E-state index contributed by atoms with van der Waals surface area (Å²) >= 11 is 5.87. The van der Waals surface area contributed by atoms with Gasteiger partial charge in [0.15, 0.2) is 0 Å². The maximum Gasteiger partial charge on any atom is 0.243 e. The Morgan fingerprint density at radius 3 is 2.88 bits per heavy atom. The Labute approximate surface area is 104 Å². The average molecular weight is 250 g/mol. The molecule has 0 bridgehead atoms. The van der Waals surface area contributed by atoms with E-state index in [1.54, 1.807) is 24.4 Å². The van der Waals surface area contributed by atoms with Gasteiger partial charge < -0.3 is 10.5 Å². The van der Waals surface area contributed by atoms with Gasteiger partial charge in [-0.1, -0.05) is 11.6 Å². The lowest BCUT2D eigenvalue weighted by Gasteiger charge is -2.09. The molecule has 1 aromatic carbocycles. The quantitative estimate of drug-likeness (QED) is 0.909. The Balaban J connectivity index is 2.31. The van der Waals surface area contributed by atoms with Crippen molar-refractivity contribution in [2.75, 3.05) is 0 Å². The lowest BCUT2D eigenvalue weighted by Crippen LogP contribution is -2.02. The van der Waals surface area contributed by atoms with Gasteiger partial charge in [0, 0.05) is 17.1 Å². The Morgan fingerprint density at radius 2 is 2.18 bits per heavy atom. The summed E-state index contributed by atoms with van der Waals surface area (Å²) in [5.41, 5.74) is 7.35. The number of aromatic nitrogens is 2. The SMILES string of the molecule is Cc1cc(Cl)ccc1Oc1nnccc1CN. The van der Waals surface area contributed by atoms with Crippen molar-refractivity contribution in [2.45, 2.75) is 13.5 Å². The first kappa shape index (κ1) is 11.8. The number of halogens is 1. The summed E-state index contributed by atoms with van der Waals surface area (Å²) in [4.78, 5) is 0. The normalized spacial score (nSPS) is 10.3. The maximum atomic E-state index is 5.87. The molecule has 0 atom stereocenters. The lowest BCUT2D eigenvalue weighted by molar-refractivity contribution is 0.445. The van der Waals surface area contributed by atoms with Crippen molar-refractivity contribution in [3.63, 3.8) is 0 Å². The van der Waals surface area contributed by atoms with E-state index in [2.05, 4.69) is 10.2 Å². The Morgan fingerprint density at radius 1 is 1.35 bits per heavy atom. The number of nitrogens with zero attached hydrogens (tertiary/aromatic N) is 2. The van der Waals surface area contributed by atoms with E-state index in [1.165, 1.54) is 0 Å². The largest absolute Gasteiger partial charge is 0.437 e. The second kappa shape index (κ2) is 5.12. The van der Waals surface area contributed by atoms with E-state index in [0.717, 1.165) is 11.1 Å². The van der Waals surface area contributed by atoms with Crippen molar-refractivity contribution in [2.24, 2.45) is 5.73 Å². The highest BCUT2D eigenvalue weighted by Gasteiger charge is 2.07. The molecule has 0 unspecified atom stereocenters. The highest BCUT2D eigenvalue weighted by molar-refractivity contribution is 6.30. The van der Waals surface area contributed by atoms with Gasteiger partial charge in [0.25, 0.3) is 0 Å². The molecule has 4 nitrogen and oxygen atoms in total. The van der Waals surface area contributed by atoms with E-state index in [4.69, 9.17) is 22.1 Å². The molecule has 0 aliphatic carbocycles. The van der Waals surface area contributed by atoms with Crippen LogP contribution in [0, 0.1) is 6.92 Å². The predicted molar refractivity (Wildman–Crippen MR) is 66.2 cm³/mol. The lowest BCUT2D eigenvalue weighted by atomic mass is 10.2. The highest BCUT2D eigenvalue weighted by Crippen LogP contribution is 2.27. The minimum atomic E-state index is 0.359. The van der Waals surface area contributed by atoms with Crippen LogP contribution in [0.2, 0.25) is 5.02 Å². The topological polar surface area (TPSA) is 61.0 Å². The van der Waals surface area contributed by atoms with Crippen molar-refractivity contribution in [1.82, 2.24) is 10.2 Å². The number of aryl methyl sites for hydroxylation is 1. The first-order valence-electron chi connectivity index (χ1n) is 5.15. The molecule has 1 aromatic heterocycles. The second-order valence-electron chi connectivity index (χ2n) is 3.58. The van der Waals surface area contributed by atoms with Gasteiger partial charge >= 0.3 is 0 Å². The van der Waals surface area contributed by atoms with Crippen LogP contribution in [0.4, 0.5) is 0 Å². The summed E-state index contributed by atoms with van der Waals surface area (Å²) in [6, 6.07) is 7.18. The zero-order valence-corrected chi connectivity index (χ0v) is 10.1. The molecular formula is C12H12ClN3O. The predicted octanol–water partition coefficient (Wildman–Crippen LogP) is 2.69. The molecule has 0 aliphatic heterocycles. The van der Waals surface area contributed by atoms with E-state index < -0.39 is 0 Å². The third-order valence-corrected chi connectivity index (χ3v) is 2.56. The third-order valence-electron chi connectivity index (χ3n) is 2.33. The number of hydrogen-bond donors (Lipinski definition) is 1. The number of hydrogen-bond acceptors (Lipinski definition) is 4. The molecule has 0 aliphatic rings. The van der Waals surface area contributed by atoms with Crippen molar-refractivity contribution in [1.29, 1.82) is 0 Å². The standard InChI is InChI=1S/C12H12ClN3O/c1-8-6-10(13)2-3-11(8)17-12-9(7-14)4-5-15-16-12/h2-6H,7,14H2,1H3. The van der Waals surface area contributed by atoms with E-state index in [9.17, 15) is 0 Å². The van der Waals surface area contributed by atoms with Gasteiger partial charge in [-0.2, -0.15) is 5.10 Å². The Hall–Kier alpha value is -1.65. The van der Waals surface area contributed by atoms with E-state index in [0.29, 0.717) is 23.2 Å². The van der Waals surface area contributed by atoms with Crippen molar-refractivity contribution in [3.8, 4) is 11.6 Å². The van der Waals surface area contributed by atoms with Gasteiger partial charge in [-0.05, 0) is 36.8 Å². The van der Waals surface area contributed by atoms with E-state index >= 15 is 0 Å². The zero-order chi connectivity index (χ0) is 12.3. The van der Waals surface area contributed by atoms with Crippen LogP contribution in [0.1, 0.15) is 11.1 Å². The monoisotopic (exact) mass is 249 g/mol. The first-order valence-corrected chi connectivity index (χ1v) is 5.53. The molecular weight excluding hydrogens is 238 g/mol. The van der Waals surface area contributed by atoms with Crippen LogP contribution in [0.3, 0.4) is 0 Å². The molecule has 2 aromatic rings. The van der Waals surface area contributed by atoms with Gasteiger partial charge in [-0.25, -0.2) is 0 Å².